The largest absolute Gasteiger partial charge is 0.492 e. The second-order valence-electron chi connectivity index (χ2n) is 5.48. The number of ether oxygens (including phenoxy) is 1. The normalized spacial score (nSPS) is 19.9. The van der Waals surface area contributed by atoms with Crippen LogP contribution in [-0.2, 0) is 0 Å². The maximum absolute atomic E-state index is 8.65. The molecule has 0 bridgehead atoms. The third kappa shape index (κ3) is 5.05. The molecule has 1 atom stereocenters. The summed E-state index contributed by atoms with van der Waals surface area (Å²) in [6.07, 6.45) is 0. The van der Waals surface area contributed by atoms with Crippen LogP contribution in [0.4, 0.5) is 0 Å². The minimum absolute atomic E-state index is 0.110. The summed E-state index contributed by atoms with van der Waals surface area (Å²) in [7, 11) is 2.17. The van der Waals surface area contributed by atoms with E-state index in [-0.39, 0.29) is 6.61 Å². The van der Waals surface area contributed by atoms with E-state index < -0.39 is 0 Å². The van der Waals surface area contributed by atoms with Crippen LogP contribution in [0.5, 0.6) is 5.75 Å². The number of aliphatic hydroxyl groups excluding tert-OH is 1. The van der Waals surface area contributed by atoms with Crippen molar-refractivity contribution in [2.24, 2.45) is 0 Å². The molecule has 1 aliphatic rings. The predicted molar refractivity (Wildman–Crippen MR) is 84.4 cm³/mol. The fourth-order valence-corrected chi connectivity index (χ4v) is 2.57. The molecule has 0 aliphatic carbocycles. The fraction of sp³-hybridized carbons (Fsp3) is 0.529. The maximum atomic E-state index is 8.65. The first-order valence-electron chi connectivity index (χ1n) is 7.44. The van der Waals surface area contributed by atoms with Crippen molar-refractivity contribution in [2.75, 3.05) is 46.4 Å². The van der Waals surface area contributed by atoms with Gasteiger partial charge in [0.25, 0.3) is 0 Å². The van der Waals surface area contributed by atoms with E-state index in [1.54, 1.807) is 0 Å². The summed E-state index contributed by atoms with van der Waals surface area (Å²) in [5.74, 6) is 6.37. The van der Waals surface area contributed by atoms with E-state index in [0.717, 1.165) is 37.5 Å². The van der Waals surface area contributed by atoms with Gasteiger partial charge in [-0.05, 0) is 38.2 Å². The van der Waals surface area contributed by atoms with Crippen LogP contribution in [0.25, 0.3) is 0 Å². The minimum Gasteiger partial charge on any atom is -0.492 e. The average Bonchev–Trinajstić information content (AvgIpc) is 2.48. The topological polar surface area (TPSA) is 35.9 Å². The Labute approximate surface area is 127 Å². The van der Waals surface area contributed by atoms with Gasteiger partial charge < -0.3 is 14.7 Å². The van der Waals surface area contributed by atoms with Gasteiger partial charge in [0.1, 0.15) is 19.0 Å². The number of benzene rings is 1. The quantitative estimate of drug-likeness (QED) is 0.840. The summed E-state index contributed by atoms with van der Waals surface area (Å²) in [5.41, 5.74) is 0.893. The van der Waals surface area contributed by atoms with Gasteiger partial charge in [-0.15, -0.1) is 0 Å². The number of piperazine rings is 1. The minimum atomic E-state index is -0.110. The molecule has 21 heavy (non-hydrogen) atoms. The fourth-order valence-electron chi connectivity index (χ4n) is 2.57. The lowest BCUT2D eigenvalue weighted by Crippen LogP contribution is -2.51. The molecular weight excluding hydrogens is 264 g/mol. The molecule has 1 aliphatic heterocycles. The lowest BCUT2D eigenvalue weighted by Gasteiger charge is -2.38. The Kier molecular flexibility index (Phi) is 6.06. The van der Waals surface area contributed by atoms with Crippen molar-refractivity contribution in [1.29, 1.82) is 0 Å². The number of aliphatic hydroxyl groups is 1. The second-order valence-corrected chi connectivity index (χ2v) is 5.48. The Bertz CT molecular complexity index is 490. The van der Waals surface area contributed by atoms with Gasteiger partial charge in [-0.25, -0.2) is 0 Å². The van der Waals surface area contributed by atoms with Gasteiger partial charge in [0.2, 0.25) is 0 Å². The second kappa shape index (κ2) is 8.04. The van der Waals surface area contributed by atoms with Crippen molar-refractivity contribution in [1.82, 2.24) is 9.80 Å². The Hall–Kier alpha value is -1.54. The highest BCUT2D eigenvalue weighted by molar-refractivity contribution is 5.38. The van der Waals surface area contributed by atoms with Crippen molar-refractivity contribution < 1.29 is 9.84 Å². The van der Waals surface area contributed by atoms with Crippen molar-refractivity contribution >= 4 is 0 Å². The van der Waals surface area contributed by atoms with E-state index in [0.29, 0.717) is 12.6 Å². The Morgan fingerprint density at radius 2 is 2.05 bits per heavy atom. The SMILES string of the molecule is CC1CN(C)CCN1CCOc1ccc(C#CCO)cc1. The van der Waals surface area contributed by atoms with Crippen LogP contribution >= 0.6 is 0 Å². The summed E-state index contributed by atoms with van der Waals surface area (Å²) < 4.78 is 5.79. The van der Waals surface area contributed by atoms with Crippen LogP contribution in [0.15, 0.2) is 24.3 Å². The highest BCUT2D eigenvalue weighted by atomic mass is 16.5. The van der Waals surface area contributed by atoms with Gasteiger partial charge in [0.15, 0.2) is 0 Å². The molecule has 4 heteroatoms. The van der Waals surface area contributed by atoms with E-state index in [1.807, 2.05) is 24.3 Å². The molecule has 1 unspecified atom stereocenters. The summed E-state index contributed by atoms with van der Waals surface area (Å²) in [6, 6.07) is 8.26. The molecule has 0 saturated carbocycles. The van der Waals surface area contributed by atoms with E-state index >= 15 is 0 Å². The van der Waals surface area contributed by atoms with Gasteiger partial charge in [0.05, 0.1) is 0 Å². The average molecular weight is 288 g/mol. The van der Waals surface area contributed by atoms with Crippen LogP contribution in [0.1, 0.15) is 12.5 Å². The molecule has 1 heterocycles. The molecule has 114 valence electrons. The lowest BCUT2D eigenvalue weighted by atomic mass is 10.2. The van der Waals surface area contributed by atoms with Crippen LogP contribution < -0.4 is 4.74 Å². The molecular formula is C17H24N2O2. The molecule has 4 nitrogen and oxygen atoms in total. The van der Waals surface area contributed by atoms with Crippen LogP contribution in [0.2, 0.25) is 0 Å². The Balaban J connectivity index is 1.75. The van der Waals surface area contributed by atoms with Crippen LogP contribution in [0, 0.1) is 11.8 Å². The molecule has 0 amide bonds. The molecule has 0 aromatic heterocycles. The zero-order chi connectivity index (χ0) is 15.1. The third-order valence-electron chi connectivity index (χ3n) is 3.78. The van der Waals surface area contributed by atoms with Crippen molar-refractivity contribution in [3.8, 4) is 17.6 Å². The van der Waals surface area contributed by atoms with E-state index in [4.69, 9.17) is 9.84 Å². The number of hydrogen-bond acceptors (Lipinski definition) is 4. The first kappa shape index (κ1) is 15.8. The van der Waals surface area contributed by atoms with E-state index in [1.165, 1.54) is 0 Å². The zero-order valence-corrected chi connectivity index (χ0v) is 12.9. The van der Waals surface area contributed by atoms with Gasteiger partial charge in [0, 0.05) is 37.8 Å². The summed E-state index contributed by atoms with van der Waals surface area (Å²) in [5, 5.41) is 8.65. The molecule has 2 rings (SSSR count). The predicted octanol–water partition coefficient (Wildman–Crippen LogP) is 1.05. The number of likely N-dealkylation sites (N-methyl/N-ethyl adjacent to an activating group) is 1. The molecule has 0 radical (unpaired) electrons. The van der Waals surface area contributed by atoms with Gasteiger partial charge in [-0.1, -0.05) is 11.8 Å². The highest BCUT2D eigenvalue weighted by Crippen LogP contribution is 2.12. The summed E-state index contributed by atoms with van der Waals surface area (Å²) in [6.45, 7) is 7.18. The van der Waals surface area contributed by atoms with Crippen molar-refractivity contribution in [2.45, 2.75) is 13.0 Å². The third-order valence-corrected chi connectivity index (χ3v) is 3.78. The standard InChI is InChI=1S/C17H24N2O2/c1-15-14-18(2)9-10-19(15)11-13-21-17-7-5-16(6-8-17)4-3-12-20/h5-8,15,20H,9-14H2,1-2H3. The maximum Gasteiger partial charge on any atom is 0.119 e. The van der Waals surface area contributed by atoms with Crippen molar-refractivity contribution in [3.63, 3.8) is 0 Å². The lowest BCUT2D eigenvalue weighted by molar-refractivity contribution is 0.0858. The van der Waals surface area contributed by atoms with Crippen molar-refractivity contribution in [3.05, 3.63) is 29.8 Å². The van der Waals surface area contributed by atoms with E-state index in [2.05, 4.69) is 35.6 Å². The first-order chi connectivity index (χ1) is 10.2. The molecule has 1 aromatic carbocycles. The molecule has 1 fully saturated rings. The smallest absolute Gasteiger partial charge is 0.119 e. The Morgan fingerprint density at radius 1 is 1.29 bits per heavy atom. The van der Waals surface area contributed by atoms with Gasteiger partial charge in [-0.2, -0.15) is 0 Å². The van der Waals surface area contributed by atoms with Crippen LogP contribution in [-0.4, -0.2) is 67.4 Å². The van der Waals surface area contributed by atoms with Crippen LogP contribution in [0.3, 0.4) is 0 Å². The van der Waals surface area contributed by atoms with Gasteiger partial charge >= 0.3 is 0 Å². The molecule has 0 spiro atoms. The Morgan fingerprint density at radius 3 is 2.71 bits per heavy atom. The number of hydrogen-bond donors (Lipinski definition) is 1. The molecule has 1 N–H and O–H groups in total. The number of rotatable bonds is 4. The molecule has 1 aromatic rings. The summed E-state index contributed by atoms with van der Waals surface area (Å²) >= 11 is 0. The molecule has 1 saturated heterocycles. The summed E-state index contributed by atoms with van der Waals surface area (Å²) in [4.78, 5) is 4.84. The van der Waals surface area contributed by atoms with E-state index in [9.17, 15) is 0 Å². The van der Waals surface area contributed by atoms with Gasteiger partial charge in [-0.3, -0.25) is 4.90 Å². The zero-order valence-electron chi connectivity index (χ0n) is 12.9. The number of nitrogens with zero attached hydrogens (tertiary/aromatic N) is 2. The monoisotopic (exact) mass is 288 g/mol. The first-order valence-corrected chi connectivity index (χ1v) is 7.44. The highest BCUT2D eigenvalue weighted by Gasteiger charge is 2.20.